The van der Waals surface area contributed by atoms with Crippen molar-refractivity contribution in [3.63, 3.8) is 0 Å². The van der Waals surface area contributed by atoms with Gasteiger partial charge >= 0.3 is 0 Å². The molecule has 0 saturated heterocycles. The second kappa shape index (κ2) is 4.54. The van der Waals surface area contributed by atoms with Gasteiger partial charge in [-0.2, -0.15) is 0 Å². The van der Waals surface area contributed by atoms with Crippen molar-refractivity contribution in [2.45, 2.75) is 18.1 Å². The zero-order valence-corrected chi connectivity index (χ0v) is 8.84. The third kappa shape index (κ3) is 2.79. The van der Waals surface area contributed by atoms with Crippen molar-refractivity contribution in [2.75, 3.05) is 13.7 Å². The minimum atomic E-state index is -3.47. The Balaban J connectivity index is 2.60. The number of nitrogens with one attached hydrogen (secondary N) is 2. The number of aromatic nitrogens is 2. The van der Waals surface area contributed by atoms with Gasteiger partial charge in [0.1, 0.15) is 0 Å². The van der Waals surface area contributed by atoms with Crippen molar-refractivity contribution < 1.29 is 13.2 Å². The molecule has 1 heterocycles. The first-order valence-electron chi connectivity index (χ1n) is 4.07. The van der Waals surface area contributed by atoms with Gasteiger partial charge in [-0.1, -0.05) is 0 Å². The minimum Gasteiger partial charge on any atom is -0.380 e. The zero-order valence-electron chi connectivity index (χ0n) is 8.02. The van der Waals surface area contributed by atoms with Gasteiger partial charge in [-0.05, 0) is 6.92 Å². The zero-order chi connectivity index (χ0) is 10.6. The van der Waals surface area contributed by atoms with E-state index in [4.69, 9.17) is 4.74 Å². The van der Waals surface area contributed by atoms with Crippen LogP contribution < -0.4 is 4.72 Å². The van der Waals surface area contributed by atoms with Crippen LogP contribution in [0, 0.1) is 0 Å². The summed E-state index contributed by atoms with van der Waals surface area (Å²) in [5, 5.41) is 0.0563. The van der Waals surface area contributed by atoms with E-state index in [1.165, 1.54) is 19.6 Å². The fourth-order valence-electron chi connectivity index (χ4n) is 0.778. The maximum atomic E-state index is 11.5. The maximum Gasteiger partial charge on any atom is 0.257 e. The molecule has 1 rings (SSSR count). The highest BCUT2D eigenvalue weighted by Gasteiger charge is 2.15. The summed E-state index contributed by atoms with van der Waals surface area (Å²) in [5.41, 5.74) is 0. The van der Waals surface area contributed by atoms with Crippen LogP contribution in [-0.2, 0) is 14.8 Å². The van der Waals surface area contributed by atoms with Gasteiger partial charge in [-0.25, -0.2) is 18.1 Å². The summed E-state index contributed by atoms with van der Waals surface area (Å²) in [6, 6.07) is 0. The summed E-state index contributed by atoms with van der Waals surface area (Å²) in [6.07, 6.45) is 2.40. The van der Waals surface area contributed by atoms with Crippen molar-refractivity contribution in [1.29, 1.82) is 0 Å². The predicted octanol–water partition coefficient (Wildman–Crippen LogP) is -0.277. The van der Waals surface area contributed by atoms with Gasteiger partial charge in [0.2, 0.25) is 0 Å². The van der Waals surface area contributed by atoms with Crippen molar-refractivity contribution in [3.05, 3.63) is 12.5 Å². The lowest BCUT2D eigenvalue weighted by molar-refractivity contribution is 0.122. The van der Waals surface area contributed by atoms with Crippen LogP contribution >= 0.6 is 0 Å². The molecule has 0 radical (unpaired) electrons. The predicted molar refractivity (Wildman–Crippen MR) is 50.2 cm³/mol. The highest BCUT2D eigenvalue weighted by molar-refractivity contribution is 7.89. The first kappa shape index (κ1) is 11.2. The molecule has 1 aromatic rings. The fraction of sp³-hybridized carbons (Fsp3) is 0.571. The maximum absolute atomic E-state index is 11.5. The number of hydrogen-bond acceptors (Lipinski definition) is 4. The van der Waals surface area contributed by atoms with E-state index in [-0.39, 0.29) is 17.7 Å². The van der Waals surface area contributed by atoms with Crippen molar-refractivity contribution in [1.82, 2.24) is 14.7 Å². The van der Waals surface area contributed by atoms with Crippen molar-refractivity contribution in [2.24, 2.45) is 0 Å². The van der Waals surface area contributed by atoms with Gasteiger partial charge in [0, 0.05) is 13.7 Å². The molecular formula is C7H13N3O3S. The van der Waals surface area contributed by atoms with Gasteiger partial charge in [0.15, 0.2) is 5.03 Å². The quantitative estimate of drug-likeness (QED) is 0.713. The van der Waals surface area contributed by atoms with Crippen molar-refractivity contribution >= 4 is 10.0 Å². The molecule has 0 aliphatic carbocycles. The van der Waals surface area contributed by atoms with Gasteiger partial charge in [-0.3, -0.25) is 0 Å². The van der Waals surface area contributed by atoms with Crippen LogP contribution in [0.5, 0.6) is 0 Å². The molecule has 0 aliphatic heterocycles. The average molecular weight is 219 g/mol. The molecular weight excluding hydrogens is 206 g/mol. The number of sulfonamides is 1. The van der Waals surface area contributed by atoms with Crippen molar-refractivity contribution in [3.8, 4) is 0 Å². The molecule has 0 fully saturated rings. The van der Waals surface area contributed by atoms with Crippen LogP contribution in [0.4, 0.5) is 0 Å². The summed E-state index contributed by atoms with van der Waals surface area (Å²) in [7, 11) is -1.95. The highest BCUT2D eigenvalue weighted by Crippen LogP contribution is 2.01. The lowest BCUT2D eigenvalue weighted by atomic mass is 10.4. The minimum absolute atomic E-state index is 0.0563. The van der Waals surface area contributed by atoms with E-state index in [2.05, 4.69) is 14.7 Å². The number of hydrogen-bond donors (Lipinski definition) is 2. The van der Waals surface area contributed by atoms with Crippen LogP contribution in [0.3, 0.4) is 0 Å². The number of H-pyrrole nitrogens is 1. The Morgan fingerprint density at radius 1 is 1.71 bits per heavy atom. The van der Waals surface area contributed by atoms with Crippen LogP contribution in [0.2, 0.25) is 0 Å². The number of nitrogens with zero attached hydrogens (tertiary/aromatic N) is 1. The van der Waals surface area contributed by atoms with E-state index < -0.39 is 10.0 Å². The van der Waals surface area contributed by atoms with Gasteiger partial charge in [0.05, 0.1) is 18.6 Å². The molecule has 1 unspecified atom stereocenters. The molecule has 7 heteroatoms. The summed E-state index contributed by atoms with van der Waals surface area (Å²) in [6.45, 7) is 2.01. The smallest absolute Gasteiger partial charge is 0.257 e. The van der Waals surface area contributed by atoms with Crippen LogP contribution in [-0.4, -0.2) is 38.1 Å². The number of ether oxygens (including phenoxy) is 1. The largest absolute Gasteiger partial charge is 0.380 e. The van der Waals surface area contributed by atoms with E-state index in [9.17, 15) is 8.42 Å². The van der Waals surface area contributed by atoms with Crippen LogP contribution in [0.15, 0.2) is 17.6 Å². The first-order chi connectivity index (χ1) is 6.56. The standard InChI is InChI=1S/C7H13N3O3S/c1-6(13-2)3-10-14(11,12)7-4-8-5-9-7/h4-6,10H,3H2,1-2H3,(H,8,9). The Kier molecular flexibility index (Phi) is 3.62. The van der Waals surface area contributed by atoms with E-state index in [0.717, 1.165) is 0 Å². The Labute approximate surface area is 82.7 Å². The molecule has 0 amide bonds. The molecule has 2 N–H and O–H groups in total. The number of methoxy groups -OCH3 is 1. The number of imidazole rings is 1. The molecule has 0 saturated carbocycles. The van der Waals surface area contributed by atoms with E-state index >= 15 is 0 Å². The molecule has 0 aliphatic rings. The average Bonchev–Trinajstić information content (AvgIpc) is 2.67. The summed E-state index contributed by atoms with van der Waals surface area (Å²) in [5.74, 6) is 0. The van der Waals surface area contributed by atoms with Gasteiger partial charge in [0.25, 0.3) is 10.0 Å². The van der Waals surface area contributed by atoms with E-state index in [1.54, 1.807) is 6.92 Å². The highest BCUT2D eigenvalue weighted by atomic mass is 32.2. The number of aromatic amines is 1. The lowest BCUT2D eigenvalue weighted by Gasteiger charge is -2.09. The molecule has 0 aromatic carbocycles. The monoisotopic (exact) mass is 219 g/mol. The Hall–Kier alpha value is -0.920. The lowest BCUT2D eigenvalue weighted by Crippen LogP contribution is -2.31. The normalized spacial score (nSPS) is 14.1. The molecule has 6 nitrogen and oxygen atoms in total. The second-order valence-corrected chi connectivity index (χ2v) is 4.55. The number of rotatable bonds is 5. The van der Waals surface area contributed by atoms with E-state index in [1.807, 2.05) is 0 Å². The van der Waals surface area contributed by atoms with Crippen LogP contribution in [0.1, 0.15) is 6.92 Å². The van der Waals surface area contributed by atoms with E-state index in [0.29, 0.717) is 0 Å². The fourth-order valence-corrected chi connectivity index (χ4v) is 1.80. The SMILES string of the molecule is COC(C)CNS(=O)(=O)c1cnc[nH]1. The molecule has 80 valence electrons. The molecule has 1 atom stereocenters. The third-order valence-corrected chi connectivity index (χ3v) is 3.07. The summed E-state index contributed by atoms with van der Waals surface area (Å²) in [4.78, 5) is 6.15. The summed E-state index contributed by atoms with van der Waals surface area (Å²) >= 11 is 0. The summed E-state index contributed by atoms with van der Waals surface area (Å²) < 4.78 is 30.2. The second-order valence-electron chi connectivity index (χ2n) is 2.81. The molecule has 1 aromatic heterocycles. The molecule has 14 heavy (non-hydrogen) atoms. The Morgan fingerprint density at radius 2 is 2.43 bits per heavy atom. The van der Waals surface area contributed by atoms with Gasteiger partial charge < -0.3 is 9.72 Å². The molecule has 0 bridgehead atoms. The molecule has 0 spiro atoms. The van der Waals surface area contributed by atoms with Crippen LogP contribution in [0.25, 0.3) is 0 Å². The first-order valence-corrected chi connectivity index (χ1v) is 5.55. The third-order valence-electron chi connectivity index (χ3n) is 1.73. The van der Waals surface area contributed by atoms with Gasteiger partial charge in [-0.15, -0.1) is 0 Å². The Morgan fingerprint density at radius 3 is 2.93 bits per heavy atom. The topological polar surface area (TPSA) is 84.1 Å². The Bertz CT molecular complexity index is 360.